The van der Waals surface area contributed by atoms with Crippen molar-refractivity contribution in [2.45, 2.75) is 51.5 Å². The Kier molecular flexibility index (Phi) is 8.81. The first-order valence-corrected chi connectivity index (χ1v) is 15.7. The Labute approximate surface area is 240 Å². The summed E-state index contributed by atoms with van der Waals surface area (Å²) in [6.07, 6.45) is 3.99. The van der Waals surface area contributed by atoms with Crippen LogP contribution in [0.25, 0.3) is 22.4 Å². The van der Waals surface area contributed by atoms with Crippen LogP contribution in [0.2, 0.25) is 0 Å². The summed E-state index contributed by atoms with van der Waals surface area (Å²) in [5.41, 5.74) is 2.41. The van der Waals surface area contributed by atoms with Gasteiger partial charge in [-0.15, -0.1) is 0 Å². The van der Waals surface area contributed by atoms with E-state index in [0.29, 0.717) is 62.6 Å². The van der Waals surface area contributed by atoms with Crippen molar-refractivity contribution in [1.29, 1.82) is 0 Å². The SMILES string of the molecule is CCCOc1ccc(S(=O)(=O)N2CCN(CC)CC2)cc1-c1nc2c(CCC)n(Cc3ccccn3)nc2c(=O)[nH]1. The average Bonchev–Trinajstić information content (AvgIpc) is 3.33. The van der Waals surface area contributed by atoms with Gasteiger partial charge in [0.1, 0.15) is 17.1 Å². The summed E-state index contributed by atoms with van der Waals surface area (Å²) in [5.74, 6) is 0.707. The normalized spacial score (nSPS) is 15.0. The van der Waals surface area contributed by atoms with Gasteiger partial charge in [-0.25, -0.2) is 13.4 Å². The van der Waals surface area contributed by atoms with Gasteiger partial charge in [0.2, 0.25) is 10.0 Å². The summed E-state index contributed by atoms with van der Waals surface area (Å²) in [5, 5.41) is 4.60. The summed E-state index contributed by atoms with van der Waals surface area (Å²) in [7, 11) is -3.75. The summed E-state index contributed by atoms with van der Waals surface area (Å²) in [4.78, 5) is 27.8. The van der Waals surface area contributed by atoms with Crippen LogP contribution in [0.15, 0.2) is 52.3 Å². The van der Waals surface area contributed by atoms with E-state index in [-0.39, 0.29) is 16.2 Å². The standard InChI is InChI=1S/C29H37N7O4S/c1-4-9-24-26-27(33-36(24)20-21-10-7-8-13-30-21)29(37)32-28(31-26)23-19-22(11-12-25(23)40-18-5-2)41(38,39)35-16-14-34(6-3)15-17-35/h7-8,10-13,19H,4-6,9,14-18,20H2,1-3H3,(H,31,32,37). The molecule has 0 unspecified atom stereocenters. The molecule has 3 aromatic heterocycles. The number of ether oxygens (including phenoxy) is 1. The molecule has 4 heterocycles. The van der Waals surface area contributed by atoms with Gasteiger partial charge in [0.15, 0.2) is 5.52 Å². The molecule has 218 valence electrons. The molecule has 4 aromatic rings. The van der Waals surface area contributed by atoms with Crippen molar-refractivity contribution in [3.63, 3.8) is 0 Å². The van der Waals surface area contributed by atoms with E-state index >= 15 is 0 Å². The average molecular weight is 580 g/mol. The molecule has 0 radical (unpaired) electrons. The van der Waals surface area contributed by atoms with Crippen LogP contribution in [0.5, 0.6) is 5.75 Å². The maximum atomic E-state index is 13.6. The number of aromatic amines is 1. The van der Waals surface area contributed by atoms with Gasteiger partial charge in [-0.3, -0.25) is 14.5 Å². The lowest BCUT2D eigenvalue weighted by Gasteiger charge is -2.33. The molecule has 1 aliphatic heterocycles. The van der Waals surface area contributed by atoms with Gasteiger partial charge in [-0.1, -0.05) is 33.3 Å². The number of pyridine rings is 1. The Balaban J connectivity index is 1.60. The fraction of sp³-hybridized carbons (Fsp3) is 0.448. The van der Waals surface area contributed by atoms with E-state index in [4.69, 9.17) is 9.72 Å². The first-order chi connectivity index (χ1) is 19.8. The molecule has 1 fully saturated rings. The van der Waals surface area contributed by atoms with Crippen molar-refractivity contribution in [3.8, 4) is 17.1 Å². The van der Waals surface area contributed by atoms with E-state index in [1.54, 1.807) is 29.1 Å². The van der Waals surface area contributed by atoms with Crippen LogP contribution < -0.4 is 10.3 Å². The molecule has 0 aliphatic carbocycles. The van der Waals surface area contributed by atoms with E-state index in [0.717, 1.165) is 30.8 Å². The van der Waals surface area contributed by atoms with Crippen LogP contribution in [-0.4, -0.2) is 81.7 Å². The van der Waals surface area contributed by atoms with E-state index < -0.39 is 15.6 Å². The van der Waals surface area contributed by atoms with Gasteiger partial charge in [-0.05, 0) is 49.7 Å². The quantitative estimate of drug-likeness (QED) is 0.287. The molecule has 5 rings (SSSR count). The molecule has 1 N–H and O–H groups in total. The third-order valence-electron chi connectivity index (χ3n) is 7.31. The highest BCUT2D eigenvalue weighted by Gasteiger charge is 2.29. The Hall–Kier alpha value is -3.61. The van der Waals surface area contributed by atoms with Gasteiger partial charge >= 0.3 is 0 Å². The maximum absolute atomic E-state index is 13.6. The third-order valence-corrected chi connectivity index (χ3v) is 9.20. The molecule has 0 amide bonds. The number of benzene rings is 1. The minimum atomic E-state index is -3.75. The van der Waals surface area contributed by atoms with Crippen LogP contribution >= 0.6 is 0 Å². The van der Waals surface area contributed by atoms with Crippen LogP contribution in [0.4, 0.5) is 0 Å². The largest absolute Gasteiger partial charge is 0.493 e. The molecule has 12 heteroatoms. The first-order valence-electron chi connectivity index (χ1n) is 14.2. The lowest BCUT2D eigenvalue weighted by molar-refractivity contribution is 0.196. The molecule has 1 aromatic carbocycles. The van der Waals surface area contributed by atoms with E-state index in [1.807, 2.05) is 25.1 Å². The fourth-order valence-electron chi connectivity index (χ4n) is 5.08. The molecule has 0 spiro atoms. The summed E-state index contributed by atoms with van der Waals surface area (Å²) in [6, 6.07) is 10.5. The molecule has 41 heavy (non-hydrogen) atoms. The predicted octanol–water partition coefficient (Wildman–Crippen LogP) is 3.30. The number of rotatable bonds is 11. The van der Waals surface area contributed by atoms with Gasteiger partial charge in [0.05, 0.1) is 35.0 Å². The van der Waals surface area contributed by atoms with Gasteiger partial charge in [0.25, 0.3) is 5.56 Å². The van der Waals surface area contributed by atoms with Crippen molar-refractivity contribution in [3.05, 3.63) is 64.3 Å². The number of aromatic nitrogens is 5. The molecular formula is C29H37N7O4S. The molecule has 1 saturated heterocycles. The molecule has 0 saturated carbocycles. The summed E-state index contributed by atoms with van der Waals surface area (Å²) >= 11 is 0. The third kappa shape index (κ3) is 6.04. The van der Waals surface area contributed by atoms with E-state index in [1.165, 1.54) is 4.31 Å². The lowest BCUT2D eigenvalue weighted by Crippen LogP contribution is -2.48. The summed E-state index contributed by atoms with van der Waals surface area (Å²) < 4.78 is 36.6. The molecule has 1 aliphatic rings. The Morgan fingerprint density at radius 3 is 2.49 bits per heavy atom. The van der Waals surface area contributed by atoms with Crippen molar-refractivity contribution in [2.24, 2.45) is 0 Å². The van der Waals surface area contributed by atoms with Crippen LogP contribution in [0, 0.1) is 0 Å². The fourth-order valence-corrected chi connectivity index (χ4v) is 6.53. The Bertz CT molecular complexity index is 1660. The molecule has 0 bridgehead atoms. The second-order valence-electron chi connectivity index (χ2n) is 10.1. The highest BCUT2D eigenvalue weighted by molar-refractivity contribution is 7.89. The molecule has 0 atom stereocenters. The molecular weight excluding hydrogens is 542 g/mol. The maximum Gasteiger partial charge on any atom is 0.279 e. The van der Waals surface area contributed by atoms with Crippen LogP contribution in [0.3, 0.4) is 0 Å². The minimum Gasteiger partial charge on any atom is -0.493 e. The Morgan fingerprint density at radius 2 is 1.80 bits per heavy atom. The molecule has 11 nitrogen and oxygen atoms in total. The van der Waals surface area contributed by atoms with Gasteiger partial charge < -0.3 is 14.6 Å². The van der Waals surface area contributed by atoms with E-state index in [2.05, 4.69) is 33.8 Å². The smallest absolute Gasteiger partial charge is 0.279 e. The number of likely N-dealkylation sites (N-methyl/N-ethyl adjacent to an activating group) is 1. The lowest BCUT2D eigenvalue weighted by atomic mass is 10.1. The van der Waals surface area contributed by atoms with Crippen molar-refractivity contribution < 1.29 is 13.2 Å². The highest BCUT2D eigenvalue weighted by Crippen LogP contribution is 2.32. The first kappa shape index (κ1) is 28.9. The van der Waals surface area contributed by atoms with Crippen molar-refractivity contribution in [2.75, 3.05) is 39.3 Å². The monoisotopic (exact) mass is 579 g/mol. The van der Waals surface area contributed by atoms with Crippen molar-refractivity contribution in [1.82, 2.24) is 33.9 Å². The van der Waals surface area contributed by atoms with E-state index in [9.17, 15) is 13.2 Å². The number of hydrogen-bond acceptors (Lipinski definition) is 8. The minimum absolute atomic E-state index is 0.142. The second-order valence-corrected chi connectivity index (χ2v) is 12.1. The number of nitrogens with one attached hydrogen (secondary N) is 1. The number of sulfonamides is 1. The number of aryl methyl sites for hydroxylation is 1. The number of nitrogens with zero attached hydrogens (tertiary/aromatic N) is 6. The topological polar surface area (TPSA) is 126 Å². The highest BCUT2D eigenvalue weighted by atomic mass is 32.2. The zero-order valence-corrected chi connectivity index (χ0v) is 24.7. The number of hydrogen-bond donors (Lipinski definition) is 1. The Morgan fingerprint density at radius 1 is 1.00 bits per heavy atom. The van der Waals surface area contributed by atoms with Crippen molar-refractivity contribution >= 4 is 21.1 Å². The van der Waals surface area contributed by atoms with Gasteiger partial charge in [0, 0.05) is 32.4 Å². The second kappa shape index (κ2) is 12.5. The number of piperazine rings is 1. The number of fused-ring (bicyclic) bond motifs is 1. The zero-order valence-electron chi connectivity index (χ0n) is 23.8. The van der Waals surface area contributed by atoms with Crippen LogP contribution in [-0.2, 0) is 23.0 Å². The zero-order chi connectivity index (χ0) is 29.0. The number of H-pyrrole nitrogens is 1. The predicted molar refractivity (Wildman–Crippen MR) is 158 cm³/mol. The van der Waals surface area contributed by atoms with Crippen LogP contribution in [0.1, 0.15) is 45.0 Å². The van der Waals surface area contributed by atoms with Gasteiger partial charge in [-0.2, -0.15) is 9.40 Å². The summed E-state index contributed by atoms with van der Waals surface area (Å²) in [6.45, 7) is 10.1.